The topological polar surface area (TPSA) is 111 Å². The maximum Gasteiger partial charge on any atom is 0.259 e. The summed E-state index contributed by atoms with van der Waals surface area (Å²) in [5.41, 5.74) is 3.45. The molecule has 0 saturated carbocycles. The highest BCUT2D eigenvalue weighted by Crippen LogP contribution is 2.33. The van der Waals surface area contributed by atoms with Gasteiger partial charge in [0.1, 0.15) is 12.4 Å². The number of anilines is 1. The SMILES string of the molecule is Cn1cc(-c2cc(C(=O)Nc3ccnnc3)c(OCc3ccccc3)cc2C(=O)N2CCOCC2)cn1. The second-order valence-electron chi connectivity index (χ2n) is 8.56. The van der Waals surface area contributed by atoms with Gasteiger partial charge in [0.15, 0.2) is 0 Å². The third kappa shape index (κ3) is 5.65. The van der Waals surface area contributed by atoms with Gasteiger partial charge in [-0.3, -0.25) is 14.3 Å². The van der Waals surface area contributed by atoms with E-state index in [-0.39, 0.29) is 18.1 Å². The second kappa shape index (κ2) is 11.0. The van der Waals surface area contributed by atoms with Gasteiger partial charge >= 0.3 is 0 Å². The molecule has 5 rings (SSSR count). The zero-order valence-corrected chi connectivity index (χ0v) is 20.3. The van der Waals surface area contributed by atoms with Gasteiger partial charge in [-0.2, -0.15) is 15.3 Å². The minimum Gasteiger partial charge on any atom is -0.488 e. The zero-order valence-electron chi connectivity index (χ0n) is 20.3. The number of carbonyl (C=O) groups is 2. The highest BCUT2D eigenvalue weighted by Gasteiger charge is 2.26. The van der Waals surface area contributed by atoms with Crippen molar-refractivity contribution in [1.29, 1.82) is 0 Å². The molecule has 10 heteroatoms. The number of aromatic nitrogens is 4. The molecule has 0 bridgehead atoms. The molecule has 37 heavy (non-hydrogen) atoms. The molecular weight excluding hydrogens is 472 g/mol. The number of hydrogen-bond acceptors (Lipinski definition) is 7. The molecule has 3 heterocycles. The minimum atomic E-state index is -0.397. The van der Waals surface area contributed by atoms with E-state index in [1.165, 1.54) is 12.4 Å². The van der Waals surface area contributed by atoms with E-state index >= 15 is 0 Å². The maximum atomic E-state index is 13.7. The lowest BCUT2D eigenvalue weighted by molar-refractivity contribution is 0.0303. The molecule has 0 spiro atoms. The number of aryl methyl sites for hydroxylation is 1. The molecule has 4 aromatic rings. The molecule has 0 aliphatic carbocycles. The van der Waals surface area contributed by atoms with E-state index < -0.39 is 5.91 Å². The Labute approximate surface area is 213 Å². The van der Waals surface area contributed by atoms with Crippen LogP contribution in [0.5, 0.6) is 5.75 Å². The first-order valence-electron chi connectivity index (χ1n) is 11.9. The summed E-state index contributed by atoms with van der Waals surface area (Å²) in [5, 5.41) is 14.7. The van der Waals surface area contributed by atoms with Crippen LogP contribution in [-0.2, 0) is 18.4 Å². The number of ether oxygens (including phenoxy) is 2. The molecular formula is C27H26N6O4. The first-order valence-corrected chi connectivity index (χ1v) is 11.9. The highest BCUT2D eigenvalue weighted by atomic mass is 16.5. The number of benzene rings is 2. The van der Waals surface area contributed by atoms with Crippen molar-refractivity contribution in [3.05, 3.63) is 90.0 Å². The lowest BCUT2D eigenvalue weighted by Crippen LogP contribution is -2.40. The van der Waals surface area contributed by atoms with Crippen molar-refractivity contribution in [1.82, 2.24) is 24.9 Å². The van der Waals surface area contributed by atoms with Crippen LogP contribution >= 0.6 is 0 Å². The number of nitrogens with zero attached hydrogens (tertiary/aromatic N) is 5. The van der Waals surface area contributed by atoms with E-state index in [1.54, 1.807) is 41.0 Å². The van der Waals surface area contributed by atoms with Crippen molar-refractivity contribution in [2.24, 2.45) is 7.05 Å². The lowest BCUT2D eigenvalue weighted by Gasteiger charge is -2.28. The van der Waals surface area contributed by atoms with Crippen LogP contribution in [0.25, 0.3) is 11.1 Å². The van der Waals surface area contributed by atoms with E-state index in [4.69, 9.17) is 9.47 Å². The standard InChI is InChI=1S/C27H26N6O4/c1-32-17-20(15-30-32)22-13-24(26(34)31-21-7-8-28-29-16-21)25(37-18-19-5-3-2-4-6-19)14-23(22)27(35)33-9-11-36-12-10-33/h2-8,13-17H,9-12,18H2,1H3,(H,28,31,34). The van der Waals surface area contributed by atoms with E-state index in [2.05, 4.69) is 20.6 Å². The van der Waals surface area contributed by atoms with Gasteiger partial charge in [0.05, 0.1) is 48.6 Å². The molecule has 188 valence electrons. The summed E-state index contributed by atoms with van der Waals surface area (Å²) < 4.78 is 13.2. The summed E-state index contributed by atoms with van der Waals surface area (Å²) in [6.45, 7) is 2.17. The molecule has 0 unspecified atom stereocenters. The third-order valence-corrected chi connectivity index (χ3v) is 5.99. The van der Waals surface area contributed by atoms with Gasteiger partial charge in [-0.05, 0) is 29.3 Å². The molecule has 0 radical (unpaired) electrons. The van der Waals surface area contributed by atoms with Gasteiger partial charge in [-0.15, -0.1) is 0 Å². The first-order chi connectivity index (χ1) is 18.1. The Morgan fingerprint density at radius 2 is 1.84 bits per heavy atom. The monoisotopic (exact) mass is 498 g/mol. The van der Waals surface area contributed by atoms with Crippen LogP contribution in [0.3, 0.4) is 0 Å². The van der Waals surface area contributed by atoms with Crippen LogP contribution in [0.2, 0.25) is 0 Å². The Balaban J connectivity index is 1.58. The quantitative estimate of drug-likeness (QED) is 0.417. The van der Waals surface area contributed by atoms with E-state index in [1.807, 2.05) is 36.5 Å². The molecule has 1 aliphatic heterocycles. The van der Waals surface area contributed by atoms with Gasteiger partial charge in [0.2, 0.25) is 0 Å². The Morgan fingerprint density at radius 1 is 1.03 bits per heavy atom. The predicted molar refractivity (Wildman–Crippen MR) is 136 cm³/mol. The first kappa shape index (κ1) is 24.1. The average Bonchev–Trinajstić information content (AvgIpc) is 3.38. The molecule has 2 aromatic heterocycles. The van der Waals surface area contributed by atoms with Crippen LogP contribution < -0.4 is 10.1 Å². The van der Waals surface area contributed by atoms with Crippen molar-refractivity contribution in [3.63, 3.8) is 0 Å². The molecule has 10 nitrogen and oxygen atoms in total. The van der Waals surface area contributed by atoms with Crippen molar-refractivity contribution in [2.75, 3.05) is 31.6 Å². The van der Waals surface area contributed by atoms with Gasteiger partial charge in [0, 0.05) is 31.9 Å². The molecule has 2 aromatic carbocycles. The van der Waals surface area contributed by atoms with Crippen LogP contribution in [-0.4, -0.2) is 63.0 Å². The Kier molecular flexibility index (Phi) is 7.18. The normalized spacial score (nSPS) is 13.3. The van der Waals surface area contributed by atoms with Crippen molar-refractivity contribution >= 4 is 17.5 Å². The summed E-state index contributed by atoms with van der Waals surface area (Å²) in [7, 11) is 1.80. The van der Waals surface area contributed by atoms with Crippen LogP contribution in [0.15, 0.2) is 73.3 Å². The number of hydrogen-bond donors (Lipinski definition) is 1. The number of rotatable bonds is 7. The third-order valence-electron chi connectivity index (χ3n) is 5.99. The largest absolute Gasteiger partial charge is 0.488 e. The summed E-state index contributed by atoms with van der Waals surface area (Å²) in [6, 6.07) is 14.6. The molecule has 1 saturated heterocycles. The predicted octanol–water partition coefficient (Wildman–Crippen LogP) is 3.18. The summed E-state index contributed by atoms with van der Waals surface area (Å²) >= 11 is 0. The van der Waals surface area contributed by atoms with Gasteiger partial charge in [-0.1, -0.05) is 30.3 Å². The van der Waals surface area contributed by atoms with Gasteiger partial charge in [0.25, 0.3) is 11.8 Å². The number of amides is 2. The fourth-order valence-electron chi connectivity index (χ4n) is 4.09. The van der Waals surface area contributed by atoms with Crippen molar-refractivity contribution in [3.8, 4) is 16.9 Å². The number of nitrogens with one attached hydrogen (secondary N) is 1. The van der Waals surface area contributed by atoms with Crippen molar-refractivity contribution in [2.45, 2.75) is 6.61 Å². The van der Waals surface area contributed by atoms with E-state index in [9.17, 15) is 9.59 Å². The number of carbonyl (C=O) groups excluding carboxylic acids is 2. The van der Waals surface area contributed by atoms with E-state index in [0.29, 0.717) is 54.4 Å². The smallest absolute Gasteiger partial charge is 0.259 e. The lowest BCUT2D eigenvalue weighted by atomic mass is 9.96. The minimum absolute atomic E-state index is 0.156. The summed E-state index contributed by atoms with van der Waals surface area (Å²) in [5.74, 6) is -0.254. The second-order valence-corrected chi connectivity index (χ2v) is 8.56. The Hall–Kier alpha value is -4.57. The Bertz CT molecular complexity index is 1380. The molecule has 1 N–H and O–H groups in total. The molecule has 1 fully saturated rings. The zero-order chi connectivity index (χ0) is 25.6. The maximum absolute atomic E-state index is 13.7. The van der Waals surface area contributed by atoms with Crippen LogP contribution in [0, 0.1) is 0 Å². The van der Waals surface area contributed by atoms with Gasteiger partial charge < -0.3 is 19.7 Å². The van der Waals surface area contributed by atoms with Crippen LogP contribution in [0.4, 0.5) is 5.69 Å². The Morgan fingerprint density at radius 3 is 2.54 bits per heavy atom. The van der Waals surface area contributed by atoms with Crippen molar-refractivity contribution < 1.29 is 19.1 Å². The summed E-state index contributed by atoms with van der Waals surface area (Å²) in [6.07, 6.45) is 6.43. The average molecular weight is 499 g/mol. The molecule has 2 amide bonds. The van der Waals surface area contributed by atoms with Crippen LogP contribution in [0.1, 0.15) is 26.3 Å². The van der Waals surface area contributed by atoms with E-state index in [0.717, 1.165) is 5.56 Å². The molecule has 0 atom stereocenters. The number of morpholine rings is 1. The summed E-state index contributed by atoms with van der Waals surface area (Å²) in [4.78, 5) is 28.9. The van der Waals surface area contributed by atoms with Gasteiger partial charge in [-0.25, -0.2) is 0 Å². The molecule has 1 aliphatic rings. The highest BCUT2D eigenvalue weighted by molar-refractivity contribution is 6.09. The fraction of sp³-hybridized carbons (Fsp3) is 0.222. The fourth-order valence-corrected chi connectivity index (χ4v) is 4.09.